The van der Waals surface area contributed by atoms with Crippen LogP contribution in [0.3, 0.4) is 0 Å². The zero-order chi connectivity index (χ0) is 8.97. The number of hydrogen-bond acceptors (Lipinski definition) is 1. The number of carboxylic acids is 1. The lowest BCUT2D eigenvalue weighted by Crippen LogP contribution is -2.38. The Hall–Kier alpha value is -1.61. The van der Waals surface area contributed by atoms with Gasteiger partial charge >= 0.3 is 5.97 Å². The molecule has 0 aliphatic rings. The highest BCUT2D eigenvalue weighted by Gasteiger charge is 1.99. The van der Waals surface area contributed by atoms with Crippen molar-refractivity contribution in [3.63, 3.8) is 0 Å². The van der Waals surface area contributed by atoms with Crippen LogP contribution in [-0.2, 0) is 0 Å². The molecule has 0 unspecified atom stereocenters. The van der Waals surface area contributed by atoms with Gasteiger partial charge in [0.05, 0.1) is 11.8 Å². The fourth-order valence-electron chi connectivity index (χ4n) is 0.873. The van der Waals surface area contributed by atoms with Crippen LogP contribution in [0.5, 0.6) is 0 Å². The Bertz CT molecular complexity index is 301. The van der Waals surface area contributed by atoms with Gasteiger partial charge in [0.25, 0.3) is 0 Å². The average molecular weight is 164 g/mol. The van der Waals surface area contributed by atoms with Crippen molar-refractivity contribution in [2.45, 2.75) is 0 Å². The van der Waals surface area contributed by atoms with Crippen LogP contribution in [0.25, 0.3) is 6.08 Å². The molecule has 0 amide bonds. The maximum atomic E-state index is 10.4. The monoisotopic (exact) mass is 164 g/mol. The number of aromatic carboxylic acids is 1. The molecule has 0 atom stereocenters. The zero-order valence-corrected chi connectivity index (χ0v) is 6.53. The van der Waals surface area contributed by atoms with E-state index in [2.05, 4.69) is 5.73 Å². The van der Waals surface area contributed by atoms with Crippen molar-refractivity contribution in [3.8, 4) is 0 Å². The number of rotatable bonds is 2. The number of carbonyl (C=O) groups is 1. The maximum Gasteiger partial charge on any atom is 0.335 e. The van der Waals surface area contributed by atoms with Crippen LogP contribution < -0.4 is 5.73 Å². The summed E-state index contributed by atoms with van der Waals surface area (Å²) in [5.41, 5.74) is 4.80. The third-order valence-electron chi connectivity index (χ3n) is 1.47. The molecule has 1 aromatic carbocycles. The van der Waals surface area contributed by atoms with Crippen molar-refractivity contribution < 1.29 is 15.6 Å². The normalized spacial score (nSPS) is 10.4. The number of quaternary nitrogens is 1. The van der Waals surface area contributed by atoms with Gasteiger partial charge in [-0.3, -0.25) is 0 Å². The van der Waals surface area contributed by atoms with Crippen molar-refractivity contribution >= 4 is 12.0 Å². The standard InChI is InChI=1S/C9H9NO2/c10-6-5-7-1-3-8(4-2-7)9(11)12/h1-6H,10H2,(H,11,12)/p+1/b6-5+. The molecule has 0 bridgehead atoms. The topological polar surface area (TPSA) is 64.9 Å². The Balaban J connectivity index is 2.93. The van der Waals surface area contributed by atoms with Gasteiger partial charge in [0, 0.05) is 0 Å². The van der Waals surface area contributed by atoms with Gasteiger partial charge in [-0.15, -0.1) is 0 Å². The second-order valence-electron chi connectivity index (χ2n) is 2.33. The van der Waals surface area contributed by atoms with E-state index in [0.717, 1.165) is 5.56 Å². The maximum absolute atomic E-state index is 10.4. The van der Waals surface area contributed by atoms with E-state index in [1.54, 1.807) is 30.5 Å². The van der Waals surface area contributed by atoms with Crippen molar-refractivity contribution in [1.29, 1.82) is 0 Å². The SMILES string of the molecule is [NH3+]/C=C/c1ccc(C(=O)O)cc1. The summed E-state index contributed by atoms with van der Waals surface area (Å²) < 4.78 is 0. The number of hydrogen-bond donors (Lipinski definition) is 2. The molecule has 0 aliphatic heterocycles. The molecule has 0 heterocycles. The molecule has 12 heavy (non-hydrogen) atoms. The second kappa shape index (κ2) is 3.69. The van der Waals surface area contributed by atoms with Crippen LogP contribution >= 0.6 is 0 Å². The Kier molecular flexibility index (Phi) is 2.61. The van der Waals surface area contributed by atoms with E-state index in [1.807, 2.05) is 6.08 Å². The summed E-state index contributed by atoms with van der Waals surface area (Å²) in [6.45, 7) is 0. The molecule has 62 valence electrons. The highest BCUT2D eigenvalue weighted by Crippen LogP contribution is 2.04. The minimum Gasteiger partial charge on any atom is -0.478 e. The van der Waals surface area contributed by atoms with Crippen molar-refractivity contribution in [2.75, 3.05) is 0 Å². The first kappa shape index (κ1) is 8.49. The zero-order valence-electron chi connectivity index (χ0n) is 6.53. The molecule has 4 N–H and O–H groups in total. The van der Waals surface area contributed by atoms with Gasteiger partial charge in [0.1, 0.15) is 0 Å². The highest BCUT2D eigenvalue weighted by molar-refractivity contribution is 5.87. The summed E-state index contributed by atoms with van der Waals surface area (Å²) in [6.07, 6.45) is 3.47. The first-order valence-electron chi connectivity index (χ1n) is 3.53. The Morgan fingerprint density at radius 3 is 2.33 bits per heavy atom. The molecule has 0 saturated heterocycles. The lowest BCUT2D eigenvalue weighted by Gasteiger charge is -1.93. The summed E-state index contributed by atoms with van der Waals surface area (Å²) in [5, 5.41) is 8.58. The lowest BCUT2D eigenvalue weighted by molar-refractivity contribution is -0.272. The van der Waals surface area contributed by atoms with Crippen LogP contribution in [0.2, 0.25) is 0 Å². The van der Waals surface area contributed by atoms with E-state index in [1.165, 1.54) is 0 Å². The molecular weight excluding hydrogens is 154 g/mol. The van der Waals surface area contributed by atoms with E-state index >= 15 is 0 Å². The molecule has 3 heteroatoms. The average Bonchev–Trinajstić information content (AvgIpc) is 2.06. The fourth-order valence-corrected chi connectivity index (χ4v) is 0.873. The van der Waals surface area contributed by atoms with E-state index in [-0.39, 0.29) is 0 Å². The minimum atomic E-state index is -0.903. The summed E-state index contributed by atoms with van der Waals surface area (Å²) >= 11 is 0. The van der Waals surface area contributed by atoms with Gasteiger partial charge in [-0.05, 0) is 23.8 Å². The molecule has 0 spiro atoms. The largest absolute Gasteiger partial charge is 0.478 e. The predicted molar refractivity (Wildman–Crippen MR) is 45.3 cm³/mol. The van der Waals surface area contributed by atoms with Crippen molar-refractivity contribution in [1.82, 2.24) is 0 Å². The fraction of sp³-hybridized carbons (Fsp3) is 0. The second-order valence-corrected chi connectivity index (χ2v) is 2.33. The van der Waals surface area contributed by atoms with Crippen LogP contribution in [0.4, 0.5) is 0 Å². The number of benzene rings is 1. The van der Waals surface area contributed by atoms with E-state index < -0.39 is 5.97 Å². The van der Waals surface area contributed by atoms with Crippen LogP contribution in [0, 0.1) is 0 Å². The quantitative estimate of drug-likeness (QED) is 0.672. The molecule has 0 fully saturated rings. The summed E-state index contributed by atoms with van der Waals surface area (Å²) in [5.74, 6) is -0.903. The van der Waals surface area contributed by atoms with Crippen LogP contribution in [0.1, 0.15) is 15.9 Å². The molecule has 1 rings (SSSR count). The molecule has 0 aromatic heterocycles. The van der Waals surface area contributed by atoms with Crippen molar-refractivity contribution in [3.05, 3.63) is 41.6 Å². The first-order chi connectivity index (χ1) is 5.74. The van der Waals surface area contributed by atoms with Gasteiger partial charge in [-0.1, -0.05) is 12.1 Å². The Morgan fingerprint density at radius 2 is 1.92 bits per heavy atom. The van der Waals surface area contributed by atoms with Gasteiger partial charge in [-0.2, -0.15) is 0 Å². The van der Waals surface area contributed by atoms with Crippen molar-refractivity contribution in [2.24, 2.45) is 0 Å². The molecule has 1 aromatic rings. The van der Waals surface area contributed by atoms with E-state index in [9.17, 15) is 4.79 Å². The third-order valence-corrected chi connectivity index (χ3v) is 1.47. The lowest BCUT2D eigenvalue weighted by atomic mass is 10.1. The number of carboxylic acid groups (broad SMARTS) is 1. The van der Waals surface area contributed by atoms with Gasteiger partial charge in [-0.25, -0.2) is 4.79 Å². The van der Waals surface area contributed by atoms with Crippen LogP contribution in [0.15, 0.2) is 30.5 Å². The van der Waals surface area contributed by atoms with Gasteiger partial charge in [0.2, 0.25) is 0 Å². The molecular formula is C9H10NO2+. The van der Waals surface area contributed by atoms with E-state index in [4.69, 9.17) is 5.11 Å². The highest BCUT2D eigenvalue weighted by atomic mass is 16.4. The van der Waals surface area contributed by atoms with Crippen LogP contribution in [-0.4, -0.2) is 11.1 Å². The third kappa shape index (κ3) is 1.93. The minimum absolute atomic E-state index is 0.302. The molecule has 0 radical (unpaired) electrons. The van der Waals surface area contributed by atoms with Gasteiger partial charge < -0.3 is 10.8 Å². The summed E-state index contributed by atoms with van der Waals surface area (Å²) in [4.78, 5) is 10.4. The molecule has 0 aliphatic carbocycles. The summed E-state index contributed by atoms with van der Waals surface area (Å²) in [7, 11) is 0. The first-order valence-corrected chi connectivity index (χ1v) is 3.53. The molecule has 0 saturated carbocycles. The summed E-state index contributed by atoms with van der Waals surface area (Å²) in [6, 6.07) is 6.62. The predicted octanol–water partition coefficient (Wildman–Crippen LogP) is 0.597. The van der Waals surface area contributed by atoms with Gasteiger partial charge in [0.15, 0.2) is 0 Å². The Morgan fingerprint density at radius 1 is 1.33 bits per heavy atom. The Labute approximate surface area is 70.1 Å². The smallest absolute Gasteiger partial charge is 0.335 e. The molecule has 3 nitrogen and oxygen atoms in total. The van der Waals surface area contributed by atoms with E-state index in [0.29, 0.717) is 5.56 Å².